The largest absolute Gasteiger partial charge is 0.497 e. The fraction of sp³-hybridized carbons (Fsp3) is 0.100. The summed E-state index contributed by atoms with van der Waals surface area (Å²) in [6, 6.07) is 37.2. The second-order valence-corrected chi connectivity index (χ2v) is 11.2. The van der Waals surface area contributed by atoms with Gasteiger partial charge in [-0.25, -0.2) is 0 Å². The minimum absolute atomic E-state index is 0.247. The molecule has 2 heterocycles. The molecule has 0 saturated heterocycles. The molecule has 10 nitrogen and oxygen atoms in total. The highest BCUT2D eigenvalue weighted by Crippen LogP contribution is 2.37. The summed E-state index contributed by atoms with van der Waals surface area (Å²) in [4.78, 5) is 0. The van der Waals surface area contributed by atoms with Gasteiger partial charge in [-0.3, -0.25) is 0 Å². The molecule has 0 atom stereocenters. The highest BCUT2D eigenvalue weighted by molar-refractivity contribution is 5.67. The SMILES string of the molecule is COc1ccc(-c2oc(O)c(-c3ccc(OC)cc3)[n+]2-c2ccc(-[n+]3c(-c4ccc(OC)cc4)oc(O)c3-c3ccc(OC)cc3)cc2)cc1. The second kappa shape index (κ2) is 13.4. The van der Waals surface area contributed by atoms with Gasteiger partial charge in [0.25, 0.3) is 0 Å². The Labute approximate surface area is 288 Å². The first kappa shape index (κ1) is 31.9. The average molecular weight is 671 g/mol. The van der Waals surface area contributed by atoms with Gasteiger partial charge in [-0.1, -0.05) is 0 Å². The second-order valence-electron chi connectivity index (χ2n) is 11.2. The van der Waals surface area contributed by atoms with E-state index in [1.54, 1.807) is 28.4 Å². The highest BCUT2D eigenvalue weighted by atomic mass is 16.5. The Hall–Kier alpha value is -6.68. The van der Waals surface area contributed by atoms with Crippen LogP contribution in [0.1, 0.15) is 0 Å². The van der Waals surface area contributed by atoms with Gasteiger partial charge in [0.2, 0.25) is 11.4 Å². The Kier molecular flexibility index (Phi) is 8.57. The highest BCUT2D eigenvalue weighted by Gasteiger charge is 2.36. The number of nitrogens with zero attached hydrogens (tertiary/aromatic N) is 2. The first-order valence-electron chi connectivity index (χ1n) is 15.7. The van der Waals surface area contributed by atoms with E-state index in [2.05, 4.69) is 0 Å². The van der Waals surface area contributed by atoms with Crippen molar-refractivity contribution in [3.05, 3.63) is 121 Å². The maximum atomic E-state index is 11.2. The monoisotopic (exact) mass is 670 g/mol. The molecule has 250 valence electrons. The van der Waals surface area contributed by atoms with Gasteiger partial charge >= 0.3 is 35.1 Å². The van der Waals surface area contributed by atoms with Gasteiger partial charge in [0.1, 0.15) is 23.0 Å². The zero-order chi connectivity index (χ0) is 34.8. The number of hydrogen-bond acceptors (Lipinski definition) is 8. The summed E-state index contributed by atoms with van der Waals surface area (Å²) < 4.78 is 37.3. The van der Waals surface area contributed by atoms with Crippen LogP contribution < -0.4 is 28.1 Å². The van der Waals surface area contributed by atoms with E-state index in [9.17, 15) is 10.2 Å². The number of hydrogen-bond donors (Lipinski definition) is 2. The Morgan fingerprint density at radius 3 is 0.900 bits per heavy atom. The molecule has 0 spiro atoms. The lowest BCUT2D eigenvalue weighted by molar-refractivity contribution is -0.579. The van der Waals surface area contributed by atoms with Gasteiger partial charge in [-0.05, 0) is 97.1 Å². The summed E-state index contributed by atoms with van der Waals surface area (Å²) in [7, 11) is 6.42. The maximum Gasteiger partial charge on any atom is 0.390 e. The summed E-state index contributed by atoms with van der Waals surface area (Å²) in [6.07, 6.45) is 0. The van der Waals surface area contributed by atoms with Crippen LogP contribution in [0, 0.1) is 0 Å². The molecular weight excluding hydrogens is 636 g/mol. The van der Waals surface area contributed by atoms with E-state index in [0.29, 0.717) is 68.7 Å². The minimum Gasteiger partial charge on any atom is -0.497 e. The van der Waals surface area contributed by atoms with Crippen LogP contribution in [0.5, 0.6) is 34.9 Å². The standard InChI is InChI=1S/C40H32N2O8/c1-45-31-17-5-25(6-18-31)35-39(43)49-37(27-9-21-33(47-3)22-10-27)41(35)29-13-15-30(16-14-29)42-36(26-7-19-32(46-2)20-8-26)40(44)50-38(42)28-11-23-34(48-4)24-12-28/h5-24H,1-4H3/p+2. The van der Waals surface area contributed by atoms with Crippen LogP contribution >= 0.6 is 0 Å². The van der Waals surface area contributed by atoms with Crippen LogP contribution in [0.4, 0.5) is 0 Å². The molecule has 0 radical (unpaired) electrons. The van der Waals surface area contributed by atoms with E-state index in [1.807, 2.05) is 130 Å². The third-order valence-corrected chi connectivity index (χ3v) is 8.41. The molecular formula is C40H34N2O8+2. The van der Waals surface area contributed by atoms with E-state index in [0.717, 1.165) is 11.1 Å². The van der Waals surface area contributed by atoms with Crippen LogP contribution in [0.25, 0.3) is 56.8 Å². The Balaban J connectivity index is 1.40. The Morgan fingerprint density at radius 2 is 0.640 bits per heavy atom. The van der Waals surface area contributed by atoms with Crippen molar-refractivity contribution in [1.82, 2.24) is 0 Å². The predicted octanol–water partition coefficient (Wildman–Crippen LogP) is 7.54. The summed E-state index contributed by atoms with van der Waals surface area (Å²) in [5.41, 5.74) is 5.21. The molecule has 0 unspecified atom stereocenters. The number of benzene rings is 5. The molecule has 0 saturated carbocycles. The van der Waals surface area contributed by atoms with E-state index < -0.39 is 0 Å². The van der Waals surface area contributed by atoms with Gasteiger partial charge in [-0.2, -0.15) is 0 Å². The number of aromatic hydroxyl groups is 2. The van der Waals surface area contributed by atoms with Gasteiger partial charge < -0.3 is 38.0 Å². The Bertz CT molecular complexity index is 2070. The summed E-state index contributed by atoms with van der Waals surface area (Å²) in [5, 5.41) is 22.5. The van der Waals surface area contributed by atoms with E-state index in [-0.39, 0.29) is 11.9 Å². The van der Waals surface area contributed by atoms with Crippen LogP contribution in [-0.2, 0) is 0 Å². The van der Waals surface area contributed by atoms with Gasteiger partial charge in [0.15, 0.2) is 0 Å². The van der Waals surface area contributed by atoms with Crippen molar-refractivity contribution in [2.45, 2.75) is 0 Å². The molecule has 0 fully saturated rings. The van der Waals surface area contributed by atoms with Crippen LogP contribution in [0.15, 0.2) is 130 Å². The normalized spacial score (nSPS) is 11.0. The van der Waals surface area contributed by atoms with Crippen LogP contribution in [0.3, 0.4) is 0 Å². The van der Waals surface area contributed by atoms with Crippen molar-refractivity contribution in [1.29, 1.82) is 0 Å². The number of ether oxygens (including phenoxy) is 4. The quantitative estimate of drug-likeness (QED) is 0.144. The molecule has 0 aliphatic carbocycles. The average Bonchev–Trinajstić information content (AvgIpc) is 3.71. The number of aromatic nitrogens is 2. The van der Waals surface area contributed by atoms with Crippen molar-refractivity contribution in [3.8, 4) is 91.7 Å². The van der Waals surface area contributed by atoms with Gasteiger partial charge in [0.05, 0.1) is 50.7 Å². The molecule has 2 aromatic heterocycles. The van der Waals surface area contributed by atoms with Crippen molar-refractivity contribution in [2.75, 3.05) is 28.4 Å². The summed E-state index contributed by atoms with van der Waals surface area (Å²) in [6.45, 7) is 0. The van der Waals surface area contributed by atoms with Crippen LogP contribution in [0.2, 0.25) is 0 Å². The van der Waals surface area contributed by atoms with Gasteiger partial charge in [-0.15, -0.1) is 9.13 Å². The molecule has 10 heteroatoms. The Morgan fingerprint density at radius 1 is 0.380 bits per heavy atom. The minimum atomic E-state index is -0.247. The molecule has 7 rings (SSSR count). The lowest BCUT2D eigenvalue weighted by Crippen LogP contribution is -2.35. The lowest BCUT2D eigenvalue weighted by atomic mass is 10.1. The molecule has 5 aromatic carbocycles. The molecule has 50 heavy (non-hydrogen) atoms. The zero-order valence-electron chi connectivity index (χ0n) is 27.8. The van der Waals surface area contributed by atoms with Crippen molar-refractivity contribution in [2.24, 2.45) is 0 Å². The van der Waals surface area contributed by atoms with E-state index in [1.165, 1.54) is 0 Å². The molecule has 2 N–H and O–H groups in total. The number of rotatable bonds is 10. The van der Waals surface area contributed by atoms with Crippen molar-refractivity contribution < 1.29 is 47.1 Å². The predicted molar refractivity (Wildman–Crippen MR) is 185 cm³/mol. The smallest absolute Gasteiger partial charge is 0.390 e. The first-order valence-corrected chi connectivity index (χ1v) is 15.7. The van der Waals surface area contributed by atoms with Crippen LogP contribution in [-0.4, -0.2) is 38.7 Å². The molecule has 7 aromatic rings. The summed E-state index contributed by atoms with van der Waals surface area (Å²) in [5.74, 6) is 3.08. The van der Waals surface area contributed by atoms with Gasteiger partial charge in [0, 0.05) is 24.3 Å². The third-order valence-electron chi connectivity index (χ3n) is 8.41. The lowest BCUT2D eigenvalue weighted by Gasteiger charge is -2.05. The first-order chi connectivity index (χ1) is 24.4. The van der Waals surface area contributed by atoms with Crippen molar-refractivity contribution in [3.63, 3.8) is 0 Å². The molecule has 0 amide bonds. The molecule has 0 aliphatic heterocycles. The van der Waals surface area contributed by atoms with Crippen molar-refractivity contribution >= 4 is 0 Å². The third kappa shape index (κ3) is 5.83. The fourth-order valence-corrected chi connectivity index (χ4v) is 5.86. The number of oxazole rings is 2. The van der Waals surface area contributed by atoms with E-state index in [4.69, 9.17) is 27.8 Å². The summed E-state index contributed by atoms with van der Waals surface area (Å²) >= 11 is 0. The molecule has 0 bridgehead atoms. The fourth-order valence-electron chi connectivity index (χ4n) is 5.86. The zero-order valence-corrected chi connectivity index (χ0v) is 27.8. The topological polar surface area (TPSA) is 111 Å². The maximum absolute atomic E-state index is 11.2. The van der Waals surface area contributed by atoms with E-state index >= 15 is 0 Å². The molecule has 0 aliphatic rings. The number of methoxy groups -OCH3 is 4.